The number of anilines is 1. The molecule has 0 aliphatic carbocycles. The molecule has 0 atom stereocenters. The van der Waals surface area contributed by atoms with E-state index in [0.717, 1.165) is 13.1 Å². The van der Waals surface area contributed by atoms with Gasteiger partial charge in [0.15, 0.2) is 0 Å². The second kappa shape index (κ2) is 6.12. The SMILES string of the molecule is CC(C)c1nnc(NC(=O)CN2CCC(O)CC2)o1. The molecule has 0 unspecified atom stereocenters. The minimum absolute atomic E-state index is 0.140. The number of rotatable bonds is 4. The Morgan fingerprint density at radius 3 is 2.74 bits per heavy atom. The number of nitrogens with one attached hydrogen (secondary N) is 1. The largest absolute Gasteiger partial charge is 0.408 e. The van der Waals surface area contributed by atoms with Crippen LogP contribution < -0.4 is 5.32 Å². The Morgan fingerprint density at radius 1 is 1.47 bits per heavy atom. The van der Waals surface area contributed by atoms with Crippen LogP contribution in [-0.4, -0.2) is 51.8 Å². The number of carbonyl (C=O) groups is 1. The van der Waals surface area contributed by atoms with Crippen LogP contribution in [0.2, 0.25) is 0 Å². The number of piperidine rings is 1. The average Bonchev–Trinajstić information content (AvgIpc) is 2.80. The van der Waals surface area contributed by atoms with E-state index in [9.17, 15) is 9.90 Å². The van der Waals surface area contributed by atoms with Crippen molar-refractivity contribution >= 4 is 11.9 Å². The molecule has 1 saturated heterocycles. The summed E-state index contributed by atoms with van der Waals surface area (Å²) in [6.45, 7) is 5.63. The van der Waals surface area contributed by atoms with E-state index in [1.165, 1.54) is 0 Å². The van der Waals surface area contributed by atoms with E-state index < -0.39 is 0 Å². The van der Waals surface area contributed by atoms with Crippen molar-refractivity contribution in [3.8, 4) is 0 Å². The molecule has 7 nitrogen and oxygen atoms in total. The highest BCUT2D eigenvalue weighted by Gasteiger charge is 2.20. The van der Waals surface area contributed by atoms with Gasteiger partial charge in [-0.2, -0.15) is 0 Å². The predicted octanol–water partition coefficient (Wildman–Crippen LogP) is 0.588. The Morgan fingerprint density at radius 2 is 2.16 bits per heavy atom. The molecule has 19 heavy (non-hydrogen) atoms. The standard InChI is InChI=1S/C12H20N4O3/c1-8(2)11-14-15-12(19-11)13-10(18)7-16-5-3-9(17)4-6-16/h8-9,17H,3-7H2,1-2H3,(H,13,15,18). The maximum atomic E-state index is 11.8. The number of likely N-dealkylation sites (tertiary alicyclic amines) is 1. The molecule has 2 rings (SSSR count). The smallest absolute Gasteiger partial charge is 0.322 e. The van der Waals surface area contributed by atoms with Gasteiger partial charge in [-0.15, -0.1) is 5.10 Å². The van der Waals surface area contributed by atoms with Crippen LogP contribution in [0.3, 0.4) is 0 Å². The van der Waals surface area contributed by atoms with Crippen LogP contribution >= 0.6 is 0 Å². The summed E-state index contributed by atoms with van der Waals surface area (Å²) in [5.74, 6) is 0.480. The maximum Gasteiger partial charge on any atom is 0.322 e. The van der Waals surface area contributed by atoms with Gasteiger partial charge in [0, 0.05) is 19.0 Å². The van der Waals surface area contributed by atoms with Crippen molar-refractivity contribution in [2.45, 2.75) is 38.7 Å². The van der Waals surface area contributed by atoms with Gasteiger partial charge in [-0.1, -0.05) is 18.9 Å². The molecule has 1 fully saturated rings. The number of hydrogen-bond donors (Lipinski definition) is 2. The van der Waals surface area contributed by atoms with Crippen molar-refractivity contribution in [3.05, 3.63) is 5.89 Å². The zero-order valence-corrected chi connectivity index (χ0v) is 11.3. The van der Waals surface area contributed by atoms with E-state index in [4.69, 9.17) is 4.42 Å². The Hall–Kier alpha value is -1.47. The number of aliphatic hydroxyl groups is 1. The Kier molecular flexibility index (Phi) is 4.49. The lowest BCUT2D eigenvalue weighted by molar-refractivity contribution is -0.118. The lowest BCUT2D eigenvalue weighted by Gasteiger charge is -2.28. The van der Waals surface area contributed by atoms with Crippen LogP contribution in [0.25, 0.3) is 0 Å². The van der Waals surface area contributed by atoms with Gasteiger partial charge in [-0.3, -0.25) is 15.0 Å². The molecule has 2 N–H and O–H groups in total. The fourth-order valence-corrected chi connectivity index (χ4v) is 1.96. The molecule has 0 saturated carbocycles. The molecular weight excluding hydrogens is 248 g/mol. The summed E-state index contributed by atoms with van der Waals surface area (Å²) in [7, 11) is 0. The molecule has 2 heterocycles. The predicted molar refractivity (Wildman–Crippen MR) is 68.7 cm³/mol. The first kappa shape index (κ1) is 14.0. The molecule has 0 radical (unpaired) electrons. The minimum Gasteiger partial charge on any atom is -0.408 e. The van der Waals surface area contributed by atoms with Crippen molar-refractivity contribution < 1.29 is 14.3 Å². The molecule has 1 aliphatic heterocycles. The highest BCUT2D eigenvalue weighted by molar-refractivity contribution is 5.90. The van der Waals surface area contributed by atoms with Crippen LogP contribution in [-0.2, 0) is 4.79 Å². The summed E-state index contributed by atoms with van der Waals surface area (Å²) in [5, 5.41) is 19.6. The zero-order valence-electron chi connectivity index (χ0n) is 11.3. The first-order chi connectivity index (χ1) is 9.04. The average molecular weight is 268 g/mol. The molecule has 1 aromatic rings. The second-order valence-corrected chi connectivity index (χ2v) is 5.16. The summed E-state index contributed by atoms with van der Waals surface area (Å²) < 4.78 is 5.31. The highest BCUT2D eigenvalue weighted by atomic mass is 16.4. The second-order valence-electron chi connectivity index (χ2n) is 5.16. The normalized spacial score (nSPS) is 17.9. The molecule has 1 aliphatic rings. The van der Waals surface area contributed by atoms with Crippen molar-refractivity contribution in [2.24, 2.45) is 0 Å². The first-order valence-corrected chi connectivity index (χ1v) is 6.58. The maximum absolute atomic E-state index is 11.8. The van der Waals surface area contributed by atoms with Crippen LogP contribution in [0.5, 0.6) is 0 Å². The van der Waals surface area contributed by atoms with Gasteiger partial charge >= 0.3 is 6.01 Å². The Balaban J connectivity index is 1.80. The van der Waals surface area contributed by atoms with E-state index >= 15 is 0 Å². The van der Waals surface area contributed by atoms with Gasteiger partial charge in [0.2, 0.25) is 11.8 Å². The summed E-state index contributed by atoms with van der Waals surface area (Å²) in [6.07, 6.45) is 1.19. The lowest BCUT2D eigenvalue weighted by atomic mass is 10.1. The summed E-state index contributed by atoms with van der Waals surface area (Å²) >= 11 is 0. The molecule has 0 aromatic carbocycles. The third-order valence-electron chi connectivity index (χ3n) is 3.11. The number of aromatic nitrogens is 2. The van der Waals surface area contributed by atoms with Crippen molar-refractivity contribution in [1.82, 2.24) is 15.1 Å². The van der Waals surface area contributed by atoms with E-state index in [1.54, 1.807) is 0 Å². The number of nitrogens with zero attached hydrogens (tertiary/aromatic N) is 3. The van der Waals surface area contributed by atoms with Gasteiger partial charge < -0.3 is 9.52 Å². The van der Waals surface area contributed by atoms with Gasteiger partial charge in [-0.05, 0) is 12.8 Å². The summed E-state index contributed by atoms with van der Waals surface area (Å²) in [5.41, 5.74) is 0. The quantitative estimate of drug-likeness (QED) is 0.830. The molecule has 1 amide bonds. The van der Waals surface area contributed by atoms with Gasteiger partial charge in [0.25, 0.3) is 0 Å². The van der Waals surface area contributed by atoms with Crippen LogP contribution in [0.1, 0.15) is 38.5 Å². The third kappa shape index (κ3) is 4.00. The number of carbonyl (C=O) groups excluding carboxylic acids is 1. The van der Waals surface area contributed by atoms with E-state index in [-0.39, 0.29) is 30.5 Å². The number of aliphatic hydroxyl groups excluding tert-OH is 1. The Bertz CT molecular complexity index is 424. The van der Waals surface area contributed by atoms with Crippen LogP contribution in [0.4, 0.5) is 6.01 Å². The van der Waals surface area contributed by atoms with E-state index in [1.807, 2.05) is 18.7 Å². The lowest BCUT2D eigenvalue weighted by Crippen LogP contribution is -2.40. The molecule has 0 bridgehead atoms. The minimum atomic E-state index is -0.233. The zero-order chi connectivity index (χ0) is 13.8. The van der Waals surface area contributed by atoms with Crippen molar-refractivity contribution in [2.75, 3.05) is 25.0 Å². The molecule has 0 spiro atoms. The summed E-state index contributed by atoms with van der Waals surface area (Å²) in [6, 6.07) is 0.144. The van der Waals surface area contributed by atoms with E-state index in [2.05, 4.69) is 15.5 Å². The van der Waals surface area contributed by atoms with Gasteiger partial charge in [0.1, 0.15) is 0 Å². The van der Waals surface area contributed by atoms with Gasteiger partial charge in [-0.25, -0.2) is 0 Å². The number of amides is 1. The topological polar surface area (TPSA) is 91.5 Å². The molecule has 1 aromatic heterocycles. The van der Waals surface area contributed by atoms with Crippen molar-refractivity contribution in [1.29, 1.82) is 0 Å². The Labute approximate surface area is 112 Å². The molecule has 106 valence electrons. The van der Waals surface area contributed by atoms with Crippen molar-refractivity contribution in [3.63, 3.8) is 0 Å². The highest BCUT2D eigenvalue weighted by Crippen LogP contribution is 2.15. The van der Waals surface area contributed by atoms with Crippen LogP contribution in [0, 0.1) is 0 Å². The fourth-order valence-electron chi connectivity index (χ4n) is 1.96. The monoisotopic (exact) mass is 268 g/mol. The first-order valence-electron chi connectivity index (χ1n) is 6.58. The van der Waals surface area contributed by atoms with E-state index in [0.29, 0.717) is 18.7 Å². The molecule has 7 heteroatoms. The fraction of sp³-hybridized carbons (Fsp3) is 0.750. The summed E-state index contributed by atoms with van der Waals surface area (Å²) in [4.78, 5) is 13.8. The third-order valence-corrected chi connectivity index (χ3v) is 3.11. The van der Waals surface area contributed by atoms with Crippen LogP contribution in [0.15, 0.2) is 4.42 Å². The number of hydrogen-bond acceptors (Lipinski definition) is 6. The molecular formula is C12H20N4O3. The van der Waals surface area contributed by atoms with Gasteiger partial charge in [0.05, 0.1) is 12.6 Å².